The van der Waals surface area contributed by atoms with Crippen molar-refractivity contribution in [2.24, 2.45) is 0 Å². The minimum Gasteiger partial charge on any atom is -0.369 e. The molecule has 0 spiro atoms. The molecule has 0 atom stereocenters. The van der Waals surface area contributed by atoms with E-state index in [-0.39, 0.29) is 4.90 Å². The Hall–Kier alpha value is -3.94. The van der Waals surface area contributed by atoms with Gasteiger partial charge in [-0.2, -0.15) is 0 Å². The monoisotopic (exact) mass is 535 g/mol. The summed E-state index contributed by atoms with van der Waals surface area (Å²) in [5, 5.41) is 0.787. The Morgan fingerprint density at radius 1 is 0.821 bits per heavy atom. The average Bonchev–Trinajstić information content (AvgIpc) is 3.34. The number of hydrogen-bond donors (Lipinski definition) is 0. The lowest BCUT2D eigenvalue weighted by molar-refractivity contribution is 0.312. The van der Waals surface area contributed by atoms with Gasteiger partial charge < -0.3 is 9.80 Å². The molecule has 3 aromatic carbocycles. The van der Waals surface area contributed by atoms with Crippen molar-refractivity contribution >= 4 is 26.7 Å². The predicted molar refractivity (Wildman–Crippen MR) is 158 cm³/mol. The van der Waals surface area contributed by atoms with Gasteiger partial charge in [0.2, 0.25) is 0 Å². The molecule has 5 aromatic rings. The summed E-state index contributed by atoms with van der Waals surface area (Å²) in [6, 6.07) is 26.1. The van der Waals surface area contributed by atoms with Crippen LogP contribution in [0.2, 0.25) is 0 Å². The highest BCUT2D eigenvalue weighted by Crippen LogP contribution is 2.35. The van der Waals surface area contributed by atoms with Crippen LogP contribution in [0.4, 0.5) is 5.69 Å². The van der Waals surface area contributed by atoms with Crippen molar-refractivity contribution in [1.82, 2.24) is 13.9 Å². The van der Waals surface area contributed by atoms with Crippen LogP contribution >= 0.6 is 0 Å². The van der Waals surface area contributed by atoms with E-state index in [2.05, 4.69) is 54.1 Å². The zero-order valence-corrected chi connectivity index (χ0v) is 23.2. The van der Waals surface area contributed by atoms with E-state index >= 15 is 0 Å². The summed E-state index contributed by atoms with van der Waals surface area (Å²) >= 11 is 0. The molecule has 197 valence electrons. The van der Waals surface area contributed by atoms with Crippen molar-refractivity contribution in [2.45, 2.75) is 18.7 Å². The van der Waals surface area contributed by atoms with Gasteiger partial charge in [0, 0.05) is 60.8 Å². The van der Waals surface area contributed by atoms with E-state index in [9.17, 15) is 8.42 Å². The SMILES string of the molecule is Cc1ccc(S(=O)(=O)n2cc(-c3cc[c]cc3)c3cc(-c4ccc(N5CCN(C)CC5)c(C)c4)cnc32)cc1. The Kier molecular flexibility index (Phi) is 6.49. The molecule has 2 aromatic heterocycles. The molecule has 0 unspecified atom stereocenters. The van der Waals surface area contributed by atoms with Crippen LogP contribution in [0.15, 0.2) is 90.1 Å². The first-order valence-electron chi connectivity index (χ1n) is 13.2. The van der Waals surface area contributed by atoms with Gasteiger partial charge in [0.1, 0.15) is 0 Å². The molecule has 1 fully saturated rings. The molecule has 0 saturated carbocycles. The molecule has 0 amide bonds. The molecule has 6 rings (SSSR count). The zero-order valence-electron chi connectivity index (χ0n) is 22.4. The van der Waals surface area contributed by atoms with Crippen LogP contribution < -0.4 is 4.90 Å². The highest BCUT2D eigenvalue weighted by Gasteiger charge is 2.23. The molecule has 1 saturated heterocycles. The van der Waals surface area contributed by atoms with E-state index in [4.69, 9.17) is 4.98 Å². The van der Waals surface area contributed by atoms with E-state index in [1.54, 1.807) is 24.5 Å². The summed E-state index contributed by atoms with van der Waals surface area (Å²) in [6.07, 6.45) is 3.46. The van der Waals surface area contributed by atoms with Gasteiger partial charge in [-0.05, 0) is 74.0 Å². The molecule has 0 aliphatic carbocycles. The van der Waals surface area contributed by atoms with E-state index < -0.39 is 10.0 Å². The van der Waals surface area contributed by atoms with E-state index in [1.807, 2.05) is 43.3 Å². The fraction of sp³-hybridized carbons (Fsp3) is 0.219. The summed E-state index contributed by atoms with van der Waals surface area (Å²) in [7, 11) is -1.67. The minimum atomic E-state index is -3.84. The van der Waals surface area contributed by atoms with Crippen molar-refractivity contribution in [2.75, 3.05) is 38.1 Å². The van der Waals surface area contributed by atoms with Crippen LogP contribution in [0.25, 0.3) is 33.3 Å². The molecule has 0 N–H and O–H groups in total. The van der Waals surface area contributed by atoms with Crippen molar-refractivity contribution in [3.63, 3.8) is 0 Å². The molecule has 7 heteroatoms. The Morgan fingerprint density at radius 3 is 2.23 bits per heavy atom. The first-order chi connectivity index (χ1) is 18.8. The number of fused-ring (bicyclic) bond motifs is 1. The first-order valence-corrected chi connectivity index (χ1v) is 14.6. The van der Waals surface area contributed by atoms with Crippen molar-refractivity contribution in [1.29, 1.82) is 0 Å². The standard InChI is InChI=1S/C32H31N4O2S/c1-23-9-12-28(13-10-23)39(37,38)36-22-30(25-7-5-4-6-8-25)29-20-27(21-33-32(29)36)26-11-14-31(24(2)19-26)35-17-15-34(3)16-18-35/h5-14,19-22H,15-18H2,1-3H3. The van der Waals surface area contributed by atoms with Crippen LogP contribution in [-0.2, 0) is 10.0 Å². The molecular formula is C32H31N4O2S. The van der Waals surface area contributed by atoms with Gasteiger partial charge >= 0.3 is 0 Å². The number of anilines is 1. The molecule has 6 nitrogen and oxygen atoms in total. The van der Waals surface area contributed by atoms with Gasteiger partial charge in [-0.3, -0.25) is 0 Å². The van der Waals surface area contributed by atoms with Gasteiger partial charge in [0.05, 0.1) is 4.90 Å². The molecule has 1 aliphatic rings. The lowest BCUT2D eigenvalue weighted by Crippen LogP contribution is -2.44. The van der Waals surface area contributed by atoms with Crippen molar-refractivity contribution in [3.8, 4) is 22.3 Å². The topological polar surface area (TPSA) is 58.4 Å². The number of piperazine rings is 1. The lowest BCUT2D eigenvalue weighted by Gasteiger charge is -2.35. The van der Waals surface area contributed by atoms with E-state index in [0.29, 0.717) is 5.65 Å². The number of likely N-dealkylation sites (N-methyl/N-ethyl adjacent to an activating group) is 1. The average molecular weight is 536 g/mol. The largest absolute Gasteiger partial charge is 0.369 e. The summed E-state index contributed by atoms with van der Waals surface area (Å²) in [5.41, 5.74) is 7.63. The Bertz CT molecular complexity index is 1750. The second-order valence-corrected chi connectivity index (χ2v) is 12.1. The number of hydrogen-bond acceptors (Lipinski definition) is 5. The van der Waals surface area contributed by atoms with E-state index in [1.165, 1.54) is 15.2 Å². The molecule has 1 radical (unpaired) electrons. The molecule has 3 heterocycles. The quantitative estimate of drug-likeness (QED) is 0.286. The highest BCUT2D eigenvalue weighted by atomic mass is 32.2. The van der Waals surface area contributed by atoms with E-state index in [0.717, 1.165) is 59.4 Å². The zero-order chi connectivity index (χ0) is 27.1. The summed E-state index contributed by atoms with van der Waals surface area (Å²) in [4.78, 5) is 9.76. The van der Waals surface area contributed by atoms with Crippen LogP contribution in [-0.4, -0.2) is 55.5 Å². The van der Waals surface area contributed by atoms with Gasteiger partial charge in [0.15, 0.2) is 5.65 Å². The summed E-state index contributed by atoms with van der Waals surface area (Å²) < 4.78 is 28.8. The smallest absolute Gasteiger partial charge is 0.269 e. The number of pyridine rings is 1. The van der Waals surface area contributed by atoms with Crippen LogP contribution in [0.3, 0.4) is 0 Å². The predicted octanol–water partition coefficient (Wildman–Crippen LogP) is 5.78. The second-order valence-electron chi connectivity index (χ2n) is 10.3. The number of rotatable bonds is 5. The van der Waals surface area contributed by atoms with Crippen LogP contribution in [0.5, 0.6) is 0 Å². The fourth-order valence-corrected chi connectivity index (χ4v) is 6.60. The second kappa shape index (κ2) is 9.98. The normalized spacial score (nSPS) is 14.7. The fourth-order valence-electron chi connectivity index (χ4n) is 5.28. The van der Waals surface area contributed by atoms with Gasteiger partial charge in [-0.25, -0.2) is 17.4 Å². The van der Waals surface area contributed by atoms with Crippen molar-refractivity contribution < 1.29 is 8.42 Å². The molecule has 0 bridgehead atoms. The van der Waals surface area contributed by atoms with Crippen LogP contribution in [0, 0.1) is 19.9 Å². The Morgan fingerprint density at radius 2 is 1.54 bits per heavy atom. The highest BCUT2D eigenvalue weighted by molar-refractivity contribution is 7.90. The number of aryl methyl sites for hydroxylation is 2. The van der Waals surface area contributed by atoms with Gasteiger partial charge in [-0.15, -0.1) is 0 Å². The molecule has 1 aliphatic heterocycles. The number of nitrogens with zero attached hydrogens (tertiary/aromatic N) is 4. The first kappa shape index (κ1) is 25.3. The van der Waals surface area contributed by atoms with Gasteiger partial charge in [-0.1, -0.05) is 48.0 Å². The lowest BCUT2D eigenvalue weighted by atomic mass is 10.00. The van der Waals surface area contributed by atoms with Crippen molar-refractivity contribution in [3.05, 3.63) is 102 Å². The Balaban J connectivity index is 1.46. The Labute approximate surface area is 230 Å². The third-order valence-corrected chi connectivity index (χ3v) is 9.26. The maximum atomic E-state index is 13.7. The van der Waals surface area contributed by atoms with Gasteiger partial charge in [0.25, 0.3) is 10.0 Å². The summed E-state index contributed by atoms with van der Waals surface area (Å²) in [5.74, 6) is 0. The third kappa shape index (κ3) is 4.73. The third-order valence-electron chi connectivity index (χ3n) is 7.59. The maximum absolute atomic E-state index is 13.7. The minimum absolute atomic E-state index is 0.235. The molecule has 39 heavy (non-hydrogen) atoms. The summed E-state index contributed by atoms with van der Waals surface area (Å²) in [6.45, 7) is 8.25. The molecular weight excluding hydrogens is 504 g/mol. The maximum Gasteiger partial charge on any atom is 0.269 e. The number of benzene rings is 3. The number of aromatic nitrogens is 2. The van der Waals surface area contributed by atoms with Crippen LogP contribution in [0.1, 0.15) is 11.1 Å².